The highest BCUT2D eigenvalue weighted by atomic mass is 16.7. The first-order chi connectivity index (χ1) is 10.7. The summed E-state index contributed by atoms with van der Waals surface area (Å²) >= 11 is 0. The molecule has 1 aromatic carbocycles. The fraction of sp³-hybridized carbons (Fsp3) is 0.684. The predicted octanol–water partition coefficient (Wildman–Crippen LogP) is 4.12. The predicted molar refractivity (Wildman–Crippen MR) is 98.3 cm³/mol. The van der Waals surface area contributed by atoms with Crippen LogP contribution < -0.4 is 5.46 Å². The molecular formula is C19H33BO3. The molecule has 0 aromatic heterocycles. The summed E-state index contributed by atoms with van der Waals surface area (Å²) in [6, 6.07) is 8.28. The summed E-state index contributed by atoms with van der Waals surface area (Å²) in [7, 11) is -0.245. The molecule has 1 saturated heterocycles. The molecule has 1 aliphatic heterocycles. The zero-order chi connectivity index (χ0) is 17.5. The molecule has 2 rings (SSSR count). The Kier molecular flexibility index (Phi) is 7.79. The quantitative estimate of drug-likeness (QED) is 0.603. The van der Waals surface area contributed by atoms with E-state index in [4.69, 9.17) is 14.0 Å². The van der Waals surface area contributed by atoms with Crippen LogP contribution in [0.2, 0.25) is 0 Å². The lowest BCUT2D eigenvalue weighted by molar-refractivity contribution is 0.00578. The van der Waals surface area contributed by atoms with E-state index in [0.29, 0.717) is 0 Å². The van der Waals surface area contributed by atoms with Gasteiger partial charge in [-0.15, -0.1) is 0 Å². The molecule has 0 unspecified atom stereocenters. The van der Waals surface area contributed by atoms with Gasteiger partial charge in [0.25, 0.3) is 0 Å². The molecule has 1 aromatic rings. The highest BCUT2D eigenvalue weighted by molar-refractivity contribution is 6.62. The normalized spacial score (nSPS) is 18.5. The smallest absolute Gasteiger partial charge is 0.399 e. The summed E-state index contributed by atoms with van der Waals surface area (Å²) in [5.41, 5.74) is 1.80. The Hall–Kier alpha value is -0.835. The van der Waals surface area contributed by atoms with Gasteiger partial charge < -0.3 is 14.0 Å². The van der Waals surface area contributed by atoms with Crippen molar-refractivity contribution in [1.82, 2.24) is 0 Å². The van der Waals surface area contributed by atoms with Crippen molar-refractivity contribution in [2.24, 2.45) is 0 Å². The fourth-order valence-electron chi connectivity index (χ4n) is 2.19. The van der Waals surface area contributed by atoms with Crippen molar-refractivity contribution >= 4 is 12.6 Å². The summed E-state index contributed by atoms with van der Waals surface area (Å²) in [4.78, 5) is 0. The van der Waals surface area contributed by atoms with Crippen molar-refractivity contribution in [1.29, 1.82) is 0 Å². The maximum atomic E-state index is 5.98. The van der Waals surface area contributed by atoms with Gasteiger partial charge in [-0.25, -0.2) is 0 Å². The second kappa shape index (κ2) is 8.86. The summed E-state index contributed by atoms with van der Waals surface area (Å²) in [5, 5.41) is 0. The van der Waals surface area contributed by atoms with Crippen LogP contribution in [-0.4, -0.2) is 31.5 Å². The Morgan fingerprint density at radius 3 is 1.91 bits per heavy atom. The topological polar surface area (TPSA) is 27.7 Å². The zero-order valence-electron chi connectivity index (χ0n) is 15.9. The van der Waals surface area contributed by atoms with Crippen LogP contribution in [0.25, 0.3) is 0 Å². The van der Waals surface area contributed by atoms with E-state index in [-0.39, 0.29) is 18.3 Å². The number of ether oxygens (including phenoxy) is 1. The van der Waals surface area contributed by atoms with Crippen molar-refractivity contribution < 1.29 is 14.0 Å². The van der Waals surface area contributed by atoms with Gasteiger partial charge >= 0.3 is 7.12 Å². The Bertz CT molecular complexity index is 451. The minimum absolute atomic E-state index is 0.245. The van der Waals surface area contributed by atoms with E-state index >= 15 is 0 Å². The molecule has 0 N–H and O–H groups in total. The third kappa shape index (κ3) is 5.94. The summed E-state index contributed by atoms with van der Waals surface area (Å²) in [5.74, 6) is 0. The second-order valence-corrected chi connectivity index (χ2v) is 7.11. The van der Waals surface area contributed by atoms with E-state index in [0.717, 1.165) is 31.5 Å². The van der Waals surface area contributed by atoms with Gasteiger partial charge in [0.2, 0.25) is 0 Å². The molecule has 1 fully saturated rings. The Morgan fingerprint density at radius 1 is 0.957 bits per heavy atom. The molecule has 3 nitrogen and oxygen atoms in total. The van der Waals surface area contributed by atoms with Crippen molar-refractivity contribution in [2.75, 3.05) is 13.2 Å². The van der Waals surface area contributed by atoms with Crippen molar-refractivity contribution in [3.63, 3.8) is 0 Å². The average Bonchev–Trinajstić information content (AvgIpc) is 2.69. The Labute approximate surface area is 142 Å². The van der Waals surface area contributed by atoms with Crippen LogP contribution in [0.3, 0.4) is 0 Å². The van der Waals surface area contributed by atoms with Crippen LogP contribution in [0.5, 0.6) is 0 Å². The third-order valence-electron chi connectivity index (χ3n) is 4.26. The lowest BCUT2D eigenvalue weighted by atomic mass is 9.78. The van der Waals surface area contributed by atoms with Crippen LogP contribution in [0.15, 0.2) is 24.3 Å². The molecule has 1 aliphatic rings. The van der Waals surface area contributed by atoms with Crippen molar-refractivity contribution in [3.05, 3.63) is 29.8 Å². The minimum atomic E-state index is -0.262. The van der Waals surface area contributed by atoms with Crippen LogP contribution in [0, 0.1) is 6.92 Å². The summed E-state index contributed by atoms with van der Waals surface area (Å²) in [6.07, 6.45) is 2.28. The van der Waals surface area contributed by atoms with E-state index in [1.54, 1.807) is 0 Å². The van der Waals surface area contributed by atoms with Gasteiger partial charge in [-0.1, -0.05) is 43.7 Å². The fourth-order valence-corrected chi connectivity index (χ4v) is 2.19. The Balaban J connectivity index is 0.000000322. The lowest BCUT2D eigenvalue weighted by Crippen LogP contribution is -2.41. The van der Waals surface area contributed by atoms with Crippen molar-refractivity contribution in [2.45, 2.75) is 72.5 Å². The van der Waals surface area contributed by atoms with Crippen LogP contribution in [-0.2, 0) is 14.0 Å². The van der Waals surface area contributed by atoms with Gasteiger partial charge in [0.1, 0.15) is 0 Å². The maximum absolute atomic E-state index is 5.98. The first-order valence-electron chi connectivity index (χ1n) is 8.73. The van der Waals surface area contributed by atoms with Gasteiger partial charge in [0, 0.05) is 13.2 Å². The molecule has 0 bridgehead atoms. The molecule has 0 radical (unpaired) electrons. The van der Waals surface area contributed by atoms with E-state index < -0.39 is 0 Å². The summed E-state index contributed by atoms with van der Waals surface area (Å²) < 4.78 is 17.1. The number of aryl methyl sites for hydroxylation is 1. The lowest BCUT2D eigenvalue weighted by Gasteiger charge is -2.32. The standard InChI is InChI=1S/C13H19BO2.C6H14O/c1-10-7-6-8-11(9-10)14-15-12(2,3)13(4,5)16-14;1-3-5-7-6-4-2/h6-9H,1-5H3;3-6H2,1-2H3. The highest BCUT2D eigenvalue weighted by Gasteiger charge is 2.51. The number of benzene rings is 1. The van der Waals surface area contributed by atoms with E-state index in [9.17, 15) is 0 Å². The van der Waals surface area contributed by atoms with E-state index in [1.165, 1.54) is 5.56 Å². The van der Waals surface area contributed by atoms with Gasteiger partial charge in [-0.3, -0.25) is 0 Å². The van der Waals surface area contributed by atoms with E-state index in [2.05, 4.69) is 66.7 Å². The number of hydrogen-bond donors (Lipinski definition) is 0. The minimum Gasteiger partial charge on any atom is -0.399 e. The molecule has 1 heterocycles. The largest absolute Gasteiger partial charge is 0.494 e. The van der Waals surface area contributed by atoms with Gasteiger partial charge in [0.05, 0.1) is 11.2 Å². The first kappa shape index (κ1) is 20.2. The number of rotatable bonds is 5. The molecule has 0 saturated carbocycles. The number of hydrogen-bond acceptors (Lipinski definition) is 3. The highest BCUT2D eigenvalue weighted by Crippen LogP contribution is 2.36. The van der Waals surface area contributed by atoms with Gasteiger partial charge in [0.15, 0.2) is 0 Å². The average molecular weight is 320 g/mol. The van der Waals surface area contributed by atoms with Crippen LogP contribution in [0.4, 0.5) is 0 Å². The van der Waals surface area contributed by atoms with Crippen LogP contribution >= 0.6 is 0 Å². The summed E-state index contributed by atoms with van der Waals surface area (Å²) in [6.45, 7) is 16.5. The molecule has 23 heavy (non-hydrogen) atoms. The molecule has 0 aliphatic carbocycles. The Morgan fingerprint density at radius 2 is 1.48 bits per heavy atom. The molecule has 4 heteroatoms. The van der Waals surface area contributed by atoms with E-state index in [1.807, 2.05) is 6.07 Å². The van der Waals surface area contributed by atoms with Crippen molar-refractivity contribution in [3.8, 4) is 0 Å². The molecule has 0 atom stereocenters. The first-order valence-corrected chi connectivity index (χ1v) is 8.73. The zero-order valence-corrected chi connectivity index (χ0v) is 15.9. The third-order valence-corrected chi connectivity index (χ3v) is 4.26. The molecular weight excluding hydrogens is 287 g/mol. The maximum Gasteiger partial charge on any atom is 0.494 e. The molecule has 0 spiro atoms. The van der Waals surface area contributed by atoms with Gasteiger partial charge in [-0.05, 0) is 52.9 Å². The monoisotopic (exact) mass is 320 g/mol. The second-order valence-electron chi connectivity index (χ2n) is 7.11. The molecule has 130 valence electrons. The van der Waals surface area contributed by atoms with Crippen LogP contribution in [0.1, 0.15) is 59.9 Å². The molecule has 0 amide bonds. The van der Waals surface area contributed by atoms with Gasteiger partial charge in [-0.2, -0.15) is 0 Å². The SMILES string of the molecule is CCCOCCC.Cc1cccc(B2OC(C)(C)C(C)(C)O2)c1.